The van der Waals surface area contributed by atoms with Crippen LogP contribution in [0.1, 0.15) is 70.0 Å². The maximum atomic E-state index is 13.3. The fraction of sp³-hybridized carbons (Fsp3) is 0.204. The van der Waals surface area contributed by atoms with Gasteiger partial charge in [-0.1, -0.05) is 84.9 Å². The Labute approximate surface area is 377 Å². The summed E-state index contributed by atoms with van der Waals surface area (Å²) in [6.07, 6.45) is 13.2. The first kappa shape index (κ1) is 42.7. The van der Waals surface area contributed by atoms with Crippen LogP contribution in [0.3, 0.4) is 0 Å². The number of rotatable bonds is 14. The van der Waals surface area contributed by atoms with E-state index in [0.29, 0.717) is 21.1 Å². The molecular weight excluding hydrogens is 845 g/mol. The molecule has 2 saturated carbocycles. The molecule has 2 aliphatic rings. The van der Waals surface area contributed by atoms with E-state index in [-0.39, 0.29) is 24.8 Å². The molecule has 0 bridgehead atoms. The van der Waals surface area contributed by atoms with Gasteiger partial charge in [-0.05, 0) is 94.2 Å². The molecule has 4 amide bonds. The first-order valence-electron chi connectivity index (χ1n) is 20.1. The number of anilines is 2. The zero-order valence-electron chi connectivity index (χ0n) is 34.1. The molecule has 0 saturated heterocycles. The number of ether oxygens (including phenoxy) is 2. The van der Waals surface area contributed by atoms with Gasteiger partial charge in [0, 0.05) is 10.8 Å². The van der Waals surface area contributed by atoms with E-state index < -0.39 is 41.1 Å². The Bertz CT molecular complexity index is 2690. The van der Waals surface area contributed by atoms with Gasteiger partial charge in [0.15, 0.2) is 10.0 Å². The number of hydrogen-bond donors (Lipinski definition) is 4. The Hall–Kier alpha value is -7.95. The minimum atomic E-state index is -1.05. The number of amides is 4. The third-order valence-electron chi connectivity index (χ3n) is 11.1. The van der Waals surface area contributed by atoms with Crippen LogP contribution in [0.15, 0.2) is 108 Å². The second-order valence-corrected chi connectivity index (χ2v) is 17.0. The molecule has 4 aromatic carbocycles. The van der Waals surface area contributed by atoms with Crippen molar-refractivity contribution in [3.63, 3.8) is 0 Å². The number of urea groups is 2. The van der Waals surface area contributed by atoms with Crippen LogP contribution in [0.2, 0.25) is 0 Å². The molecule has 0 aliphatic heterocycles. The number of terminal acetylenes is 2. The SMILES string of the molecule is C#Cc1nc(NC(=O)N[C@@H](COC(=O)OC[C@H](NC(=O)Nc2csc(C#C)n2)c2ccc(-c3cccc(C4(C#N)CC4)c3)cc2)c2ccc(-c3cccc(C4(C#N)CC4)c3)cc2)cs1. The van der Waals surface area contributed by atoms with Crippen molar-refractivity contribution < 1.29 is 23.9 Å². The summed E-state index contributed by atoms with van der Waals surface area (Å²) in [5.41, 5.74) is 6.00. The molecular formula is C49H38N8O5S2. The molecule has 6 aromatic rings. The van der Waals surface area contributed by atoms with Gasteiger partial charge in [0.25, 0.3) is 0 Å². The van der Waals surface area contributed by atoms with Crippen LogP contribution in [0.25, 0.3) is 22.3 Å². The highest BCUT2D eigenvalue weighted by molar-refractivity contribution is 7.10. The summed E-state index contributed by atoms with van der Waals surface area (Å²) in [6.45, 7) is -0.640. The van der Waals surface area contributed by atoms with Gasteiger partial charge in [-0.3, -0.25) is 10.6 Å². The topological polar surface area (TPSA) is 191 Å². The van der Waals surface area contributed by atoms with Crippen molar-refractivity contribution in [1.29, 1.82) is 10.5 Å². The first-order chi connectivity index (χ1) is 31.1. The van der Waals surface area contributed by atoms with Crippen LogP contribution < -0.4 is 21.3 Å². The molecule has 8 rings (SSSR count). The lowest BCUT2D eigenvalue weighted by molar-refractivity contribution is 0.0436. The van der Waals surface area contributed by atoms with Crippen LogP contribution in [-0.2, 0) is 20.3 Å². The Balaban J connectivity index is 0.967. The standard InChI is InChI=1S/C49H38N8O5S2/c1-3-43-54-41(27-63-43)56-45(58)52-39(33-15-11-31(12-16-33)35-7-5-9-37(23-35)48(29-50)19-20-48)25-61-47(60)62-26-40(53-46(59)57-42-28-64-44(4-2)55-42)34-17-13-32(14-18-34)36-8-6-10-38(24-36)49(30-51)21-22-49/h1-2,5-18,23-24,27-28,39-40H,19-22,25-26H2,(H2,52,56,58)(H2,53,57,59)/t39-,40-/m0/s1. The predicted molar refractivity (Wildman–Crippen MR) is 244 cm³/mol. The molecule has 2 aliphatic carbocycles. The molecule has 2 aromatic heterocycles. The minimum absolute atomic E-state index is 0.261. The van der Waals surface area contributed by atoms with Crippen LogP contribution in [0.4, 0.5) is 26.0 Å². The smallest absolute Gasteiger partial charge is 0.432 e. The largest absolute Gasteiger partial charge is 0.508 e. The quantitative estimate of drug-likeness (QED) is 0.0609. The van der Waals surface area contributed by atoms with Gasteiger partial charge in [-0.15, -0.1) is 35.5 Å². The number of thiazole rings is 2. The molecule has 0 radical (unpaired) electrons. The van der Waals surface area contributed by atoms with Crippen molar-refractivity contribution >= 4 is 52.5 Å². The van der Waals surface area contributed by atoms with Crippen LogP contribution >= 0.6 is 22.7 Å². The van der Waals surface area contributed by atoms with E-state index >= 15 is 0 Å². The van der Waals surface area contributed by atoms with Gasteiger partial charge >= 0.3 is 18.2 Å². The molecule has 64 heavy (non-hydrogen) atoms. The van der Waals surface area contributed by atoms with Crippen molar-refractivity contribution in [3.8, 4) is 59.1 Å². The first-order valence-corrected chi connectivity index (χ1v) is 21.9. The number of hydrogen-bond acceptors (Lipinski definition) is 11. The second kappa shape index (κ2) is 18.6. The van der Waals surface area contributed by atoms with Crippen LogP contribution in [-0.4, -0.2) is 41.4 Å². The van der Waals surface area contributed by atoms with Gasteiger partial charge in [-0.2, -0.15) is 10.5 Å². The number of nitriles is 2. The zero-order valence-corrected chi connectivity index (χ0v) is 35.7. The second-order valence-electron chi connectivity index (χ2n) is 15.3. The fourth-order valence-electron chi connectivity index (χ4n) is 7.19. The monoisotopic (exact) mass is 882 g/mol. The van der Waals surface area contributed by atoms with Crippen LogP contribution in [0, 0.1) is 47.3 Å². The fourth-order valence-corrected chi connectivity index (χ4v) is 8.30. The average molecular weight is 883 g/mol. The third-order valence-corrected chi connectivity index (χ3v) is 12.7. The van der Waals surface area contributed by atoms with Crippen LogP contribution in [0.5, 0.6) is 0 Å². The summed E-state index contributed by atoms with van der Waals surface area (Å²) >= 11 is 2.40. The van der Waals surface area contributed by atoms with E-state index in [4.69, 9.17) is 22.3 Å². The summed E-state index contributed by atoms with van der Waals surface area (Å²) in [6, 6.07) is 32.6. The number of carbonyl (C=O) groups excluding carboxylic acids is 3. The Morgan fingerprint density at radius 1 is 0.625 bits per heavy atom. The van der Waals surface area contributed by atoms with Gasteiger partial charge in [0.1, 0.15) is 24.8 Å². The van der Waals surface area contributed by atoms with Crippen molar-refractivity contribution in [2.75, 3.05) is 23.8 Å². The number of benzene rings is 4. The molecule has 2 atom stereocenters. The zero-order chi connectivity index (χ0) is 44.7. The lowest BCUT2D eigenvalue weighted by atomic mass is 9.93. The van der Waals surface area contributed by atoms with E-state index in [2.05, 4.69) is 55.2 Å². The summed E-state index contributed by atoms with van der Waals surface area (Å²) in [5, 5.41) is 34.5. The van der Waals surface area contributed by atoms with E-state index in [9.17, 15) is 24.9 Å². The summed E-state index contributed by atoms with van der Waals surface area (Å²) < 4.78 is 11.2. The highest BCUT2D eigenvalue weighted by atomic mass is 32.1. The summed E-state index contributed by atoms with van der Waals surface area (Å²) in [5.74, 6) is 5.39. The summed E-state index contributed by atoms with van der Waals surface area (Å²) in [4.78, 5) is 48.1. The maximum absolute atomic E-state index is 13.3. The number of aromatic nitrogens is 2. The molecule has 4 N–H and O–H groups in total. The van der Waals surface area contributed by atoms with Crippen molar-refractivity contribution in [3.05, 3.63) is 140 Å². The van der Waals surface area contributed by atoms with Crippen molar-refractivity contribution in [1.82, 2.24) is 20.6 Å². The van der Waals surface area contributed by atoms with E-state index in [1.165, 1.54) is 22.7 Å². The molecule has 0 unspecified atom stereocenters. The Morgan fingerprint density at radius 2 is 1.03 bits per heavy atom. The molecule has 2 fully saturated rings. The van der Waals surface area contributed by atoms with E-state index in [1.54, 1.807) is 10.8 Å². The van der Waals surface area contributed by atoms with Crippen molar-refractivity contribution in [2.45, 2.75) is 48.6 Å². The molecule has 0 spiro atoms. The molecule has 15 heteroatoms. The average Bonchev–Trinajstić information content (AvgIpc) is 4.22. The normalized spacial score (nSPS) is 14.7. The van der Waals surface area contributed by atoms with Gasteiger partial charge in [0.2, 0.25) is 0 Å². The molecule has 2 heterocycles. The van der Waals surface area contributed by atoms with E-state index in [0.717, 1.165) is 59.1 Å². The van der Waals surface area contributed by atoms with E-state index in [1.807, 2.05) is 97.1 Å². The minimum Gasteiger partial charge on any atom is -0.432 e. The highest BCUT2D eigenvalue weighted by Crippen LogP contribution is 2.49. The maximum Gasteiger partial charge on any atom is 0.508 e. The lowest BCUT2D eigenvalue weighted by Gasteiger charge is -2.21. The number of nitrogens with zero attached hydrogens (tertiary/aromatic N) is 4. The molecule has 316 valence electrons. The summed E-state index contributed by atoms with van der Waals surface area (Å²) in [7, 11) is 0. The van der Waals surface area contributed by atoms with Gasteiger partial charge in [-0.25, -0.2) is 24.4 Å². The third kappa shape index (κ3) is 9.88. The van der Waals surface area contributed by atoms with Gasteiger partial charge in [0.05, 0.1) is 35.1 Å². The van der Waals surface area contributed by atoms with Gasteiger partial charge < -0.3 is 20.1 Å². The lowest BCUT2D eigenvalue weighted by Crippen LogP contribution is -2.37. The predicted octanol–water partition coefficient (Wildman–Crippen LogP) is 9.59. The Kier molecular flexibility index (Phi) is 12.4. The number of nitrogens with one attached hydrogen (secondary N) is 4. The molecule has 13 nitrogen and oxygen atoms in total. The van der Waals surface area contributed by atoms with Crippen molar-refractivity contribution in [2.24, 2.45) is 0 Å². The highest BCUT2D eigenvalue weighted by Gasteiger charge is 2.45. The number of carbonyl (C=O) groups is 3. The Morgan fingerprint density at radius 3 is 1.38 bits per heavy atom.